The number of benzene rings is 1. The fraction of sp³-hybridized carbons (Fsp3) is 0.500. The minimum Gasteiger partial charge on any atom is -0.355 e. The van der Waals surface area contributed by atoms with E-state index in [2.05, 4.69) is 15.6 Å². The number of hydrogen-bond donors (Lipinski definition) is 2. The van der Waals surface area contributed by atoms with Crippen LogP contribution in [0.25, 0.3) is 11.0 Å². The first kappa shape index (κ1) is 15.2. The number of aromatic nitrogens is 2. The molecule has 6 heteroatoms. The fourth-order valence-corrected chi connectivity index (χ4v) is 2.92. The molecule has 126 valence electrons. The monoisotopic (exact) mass is 326 g/mol. The topological polar surface area (TPSA) is 76.0 Å². The van der Waals surface area contributed by atoms with E-state index in [1.807, 2.05) is 28.8 Å². The lowest BCUT2D eigenvalue weighted by Crippen LogP contribution is -2.31. The van der Waals surface area contributed by atoms with Crippen LogP contribution in [0.2, 0.25) is 0 Å². The van der Waals surface area contributed by atoms with Crippen molar-refractivity contribution in [2.24, 2.45) is 5.92 Å². The zero-order valence-electron chi connectivity index (χ0n) is 13.6. The highest BCUT2D eigenvalue weighted by molar-refractivity contribution is 5.82. The Morgan fingerprint density at radius 3 is 2.71 bits per heavy atom. The van der Waals surface area contributed by atoms with Gasteiger partial charge in [-0.05, 0) is 37.8 Å². The van der Waals surface area contributed by atoms with E-state index in [9.17, 15) is 9.59 Å². The highest BCUT2D eigenvalue weighted by Crippen LogP contribution is 2.28. The van der Waals surface area contributed by atoms with Crippen LogP contribution in [0.15, 0.2) is 24.3 Å². The third-order valence-electron chi connectivity index (χ3n) is 4.57. The van der Waals surface area contributed by atoms with Crippen LogP contribution in [0.4, 0.5) is 0 Å². The molecular formula is C18H22N4O2. The van der Waals surface area contributed by atoms with Crippen molar-refractivity contribution in [3.63, 3.8) is 0 Å². The molecule has 2 fully saturated rings. The van der Waals surface area contributed by atoms with Crippen molar-refractivity contribution in [1.82, 2.24) is 20.2 Å². The molecule has 0 radical (unpaired) electrons. The molecule has 24 heavy (non-hydrogen) atoms. The SMILES string of the molecule is O=C(Cn1c(CCNC(=O)C2CC2)nc2ccccc21)NC1CC1. The van der Waals surface area contributed by atoms with Gasteiger partial charge in [0.05, 0.1) is 11.0 Å². The van der Waals surface area contributed by atoms with Gasteiger partial charge in [0.1, 0.15) is 12.4 Å². The average Bonchev–Trinajstić information content (AvgIpc) is 3.47. The van der Waals surface area contributed by atoms with E-state index in [-0.39, 0.29) is 24.3 Å². The Morgan fingerprint density at radius 2 is 1.96 bits per heavy atom. The maximum absolute atomic E-state index is 12.2. The summed E-state index contributed by atoms with van der Waals surface area (Å²) < 4.78 is 1.97. The van der Waals surface area contributed by atoms with E-state index in [0.29, 0.717) is 19.0 Å². The van der Waals surface area contributed by atoms with Gasteiger partial charge in [0.25, 0.3) is 0 Å². The Labute approximate surface area is 140 Å². The second-order valence-corrected chi connectivity index (χ2v) is 6.76. The Kier molecular flexibility index (Phi) is 3.96. The summed E-state index contributed by atoms with van der Waals surface area (Å²) in [5, 5.41) is 5.99. The number of nitrogens with one attached hydrogen (secondary N) is 2. The number of amides is 2. The first-order valence-electron chi connectivity index (χ1n) is 8.72. The Morgan fingerprint density at radius 1 is 1.17 bits per heavy atom. The summed E-state index contributed by atoms with van der Waals surface area (Å²) in [7, 11) is 0. The maximum Gasteiger partial charge on any atom is 0.240 e. The molecule has 2 aliphatic carbocycles. The summed E-state index contributed by atoms with van der Waals surface area (Å²) in [6, 6.07) is 8.20. The number of carbonyl (C=O) groups is 2. The summed E-state index contributed by atoms with van der Waals surface area (Å²) in [4.78, 5) is 28.6. The normalized spacial score (nSPS) is 17.0. The van der Waals surface area contributed by atoms with E-state index >= 15 is 0 Å². The Balaban J connectivity index is 1.48. The summed E-state index contributed by atoms with van der Waals surface area (Å²) in [6.45, 7) is 0.839. The van der Waals surface area contributed by atoms with Gasteiger partial charge in [0.15, 0.2) is 0 Å². The van der Waals surface area contributed by atoms with Crippen LogP contribution < -0.4 is 10.6 Å². The molecule has 0 unspecified atom stereocenters. The number of para-hydroxylation sites is 2. The third-order valence-corrected chi connectivity index (χ3v) is 4.57. The van der Waals surface area contributed by atoms with E-state index in [0.717, 1.165) is 42.5 Å². The first-order chi connectivity index (χ1) is 11.7. The number of imidazole rings is 1. The van der Waals surface area contributed by atoms with Gasteiger partial charge in [-0.2, -0.15) is 0 Å². The predicted molar refractivity (Wildman–Crippen MR) is 90.3 cm³/mol. The lowest BCUT2D eigenvalue weighted by Gasteiger charge is -2.10. The first-order valence-corrected chi connectivity index (χ1v) is 8.72. The van der Waals surface area contributed by atoms with Crippen molar-refractivity contribution in [2.75, 3.05) is 6.54 Å². The van der Waals surface area contributed by atoms with E-state index in [4.69, 9.17) is 0 Å². The minimum atomic E-state index is 0.0314. The van der Waals surface area contributed by atoms with E-state index < -0.39 is 0 Å². The van der Waals surface area contributed by atoms with Gasteiger partial charge < -0.3 is 15.2 Å². The number of rotatable bonds is 7. The van der Waals surface area contributed by atoms with Crippen LogP contribution in [-0.4, -0.2) is 34.0 Å². The van der Waals surface area contributed by atoms with Crippen LogP contribution in [0.3, 0.4) is 0 Å². The molecule has 2 N–H and O–H groups in total. The molecular weight excluding hydrogens is 304 g/mol. The lowest BCUT2D eigenvalue weighted by atomic mass is 10.3. The molecule has 0 spiro atoms. The molecule has 2 aliphatic rings. The van der Waals surface area contributed by atoms with Gasteiger partial charge >= 0.3 is 0 Å². The number of fused-ring (bicyclic) bond motifs is 1. The molecule has 0 bridgehead atoms. The molecule has 4 rings (SSSR count). The largest absolute Gasteiger partial charge is 0.355 e. The lowest BCUT2D eigenvalue weighted by molar-refractivity contribution is -0.123. The smallest absolute Gasteiger partial charge is 0.240 e. The second-order valence-electron chi connectivity index (χ2n) is 6.76. The number of nitrogens with zero attached hydrogens (tertiary/aromatic N) is 2. The summed E-state index contributed by atoms with van der Waals surface area (Å²) in [5.41, 5.74) is 1.85. The van der Waals surface area contributed by atoms with Crippen molar-refractivity contribution < 1.29 is 9.59 Å². The number of hydrogen-bond acceptors (Lipinski definition) is 3. The number of carbonyl (C=O) groups excluding carboxylic acids is 2. The van der Waals surface area contributed by atoms with Crippen molar-refractivity contribution in [2.45, 2.75) is 44.7 Å². The van der Waals surface area contributed by atoms with Gasteiger partial charge in [0.2, 0.25) is 11.8 Å². The molecule has 2 aromatic rings. The van der Waals surface area contributed by atoms with Gasteiger partial charge in [-0.3, -0.25) is 9.59 Å². The molecule has 2 saturated carbocycles. The van der Waals surface area contributed by atoms with Gasteiger partial charge in [-0.15, -0.1) is 0 Å². The molecule has 1 aromatic carbocycles. The highest BCUT2D eigenvalue weighted by atomic mass is 16.2. The van der Waals surface area contributed by atoms with Crippen molar-refractivity contribution in [1.29, 1.82) is 0 Å². The molecule has 0 atom stereocenters. The molecule has 0 saturated heterocycles. The van der Waals surface area contributed by atoms with Crippen molar-refractivity contribution in [3.05, 3.63) is 30.1 Å². The van der Waals surface area contributed by atoms with Crippen molar-refractivity contribution >= 4 is 22.8 Å². The molecule has 1 aromatic heterocycles. The molecule has 0 aliphatic heterocycles. The zero-order chi connectivity index (χ0) is 16.5. The van der Waals surface area contributed by atoms with Crippen LogP contribution in [0.5, 0.6) is 0 Å². The highest BCUT2D eigenvalue weighted by Gasteiger charge is 2.29. The third kappa shape index (κ3) is 3.42. The Hall–Kier alpha value is -2.37. The summed E-state index contributed by atoms with van der Waals surface area (Å²) in [5.74, 6) is 1.24. The van der Waals surface area contributed by atoms with E-state index in [1.54, 1.807) is 0 Å². The summed E-state index contributed by atoms with van der Waals surface area (Å²) in [6.07, 6.45) is 4.80. The fourth-order valence-electron chi connectivity index (χ4n) is 2.92. The van der Waals surface area contributed by atoms with Gasteiger partial charge in [-0.25, -0.2) is 4.98 Å². The molecule has 2 amide bonds. The van der Waals surface area contributed by atoms with Crippen LogP contribution >= 0.6 is 0 Å². The quantitative estimate of drug-likeness (QED) is 0.807. The van der Waals surface area contributed by atoms with E-state index in [1.165, 1.54) is 0 Å². The average molecular weight is 326 g/mol. The standard InChI is InChI=1S/C18H22N4O2/c23-17(20-13-7-8-13)11-22-15-4-2-1-3-14(15)21-16(22)9-10-19-18(24)12-5-6-12/h1-4,12-13H,5-11H2,(H,19,24)(H,20,23). The zero-order valence-corrected chi connectivity index (χ0v) is 13.6. The molecule has 6 nitrogen and oxygen atoms in total. The van der Waals surface area contributed by atoms with Crippen LogP contribution in [0, 0.1) is 5.92 Å². The van der Waals surface area contributed by atoms with Gasteiger partial charge in [-0.1, -0.05) is 12.1 Å². The Bertz CT molecular complexity index is 774. The van der Waals surface area contributed by atoms with Crippen LogP contribution in [0.1, 0.15) is 31.5 Å². The minimum absolute atomic E-state index is 0.0314. The second kappa shape index (κ2) is 6.26. The maximum atomic E-state index is 12.2. The van der Waals surface area contributed by atoms with Crippen LogP contribution in [-0.2, 0) is 22.6 Å². The predicted octanol–water partition coefficient (Wildman–Crippen LogP) is 1.38. The van der Waals surface area contributed by atoms with Gasteiger partial charge in [0, 0.05) is 24.9 Å². The summed E-state index contributed by atoms with van der Waals surface area (Å²) >= 11 is 0. The van der Waals surface area contributed by atoms with Crippen molar-refractivity contribution in [3.8, 4) is 0 Å². The molecule has 1 heterocycles.